The van der Waals surface area contributed by atoms with Crippen LogP contribution in [0.5, 0.6) is 0 Å². The van der Waals surface area contributed by atoms with Crippen LogP contribution < -0.4 is 5.73 Å². The maximum atomic E-state index is 10.4. The summed E-state index contributed by atoms with van der Waals surface area (Å²) in [5, 5.41) is 8.53. The molecule has 1 atom stereocenters. The van der Waals surface area contributed by atoms with Crippen molar-refractivity contribution in [2.75, 3.05) is 0 Å². The Bertz CT molecular complexity index is 267. The fraction of sp³-hybridized carbons (Fsp3) is 0.333. The maximum absolute atomic E-state index is 10.4. The topological polar surface area (TPSA) is 89.4 Å². The fourth-order valence-corrected chi connectivity index (χ4v) is 0.739. The highest BCUT2D eigenvalue weighted by Gasteiger charge is 2.17. The molecule has 1 heterocycles. The zero-order valence-electron chi connectivity index (χ0n) is 5.94. The summed E-state index contributed by atoms with van der Waals surface area (Å²) in [5.74, 6) is -0.913. The van der Waals surface area contributed by atoms with E-state index in [9.17, 15) is 4.79 Å². The van der Waals surface area contributed by atoms with Gasteiger partial charge in [0.15, 0.2) is 17.8 Å². The highest BCUT2D eigenvalue weighted by molar-refractivity contribution is 5.86. The highest BCUT2D eigenvalue weighted by Crippen LogP contribution is 2.13. The molecule has 1 aromatic rings. The van der Waals surface area contributed by atoms with E-state index >= 15 is 0 Å². The van der Waals surface area contributed by atoms with Gasteiger partial charge in [0.2, 0.25) is 0 Å². The van der Waals surface area contributed by atoms with Gasteiger partial charge in [0.1, 0.15) is 0 Å². The van der Waals surface area contributed by atoms with Crippen LogP contribution in [-0.2, 0) is 0 Å². The van der Waals surface area contributed by atoms with Crippen LogP contribution in [0.3, 0.4) is 0 Å². The van der Waals surface area contributed by atoms with E-state index in [-0.39, 0.29) is 11.5 Å². The van der Waals surface area contributed by atoms with Gasteiger partial charge in [-0.3, -0.25) is 0 Å². The van der Waals surface area contributed by atoms with Gasteiger partial charge in [0.25, 0.3) is 0 Å². The van der Waals surface area contributed by atoms with E-state index in [1.54, 1.807) is 6.92 Å². The predicted octanol–water partition coefficient (Wildman–Crippen LogP) is 0.393. The Balaban J connectivity index is 3.06. The van der Waals surface area contributed by atoms with Crippen molar-refractivity contribution >= 4 is 5.97 Å². The standard InChI is InChI=1S/C6H8N2O3/c1-3(7)5-4(6(9)10)8-2-11-5/h2-3H,7H2,1H3,(H,9,10)/t3-/m1/s1. The van der Waals surface area contributed by atoms with Crippen molar-refractivity contribution in [2.24, 2.45) is 5.73 Å². The van der Waals surface area contributed by atoms with E-state index in [1.807, 2.05) is 0 Å². The van der Waals surface area contributed by atoms with Crippen molar-refractivity contribution < 1.29 is 14.3 Å². The van der Waals surface area contributed by atoms with Gasteiger partial charge in [-0.15, -0.1) is 0 Å². The molecule has 0 aliphatic heterocycles. The summed E-state index contributed by atoms with van der Waals surface area (Å²) in [6, 6.07) is -0.441. The molecular formula is C6H8N2O3. The molecular weight excluding hydrogens is 148 g/mol. The zero-order valence-corrected chi connectivity index (χ0v) is 5.94. The summed E-state index contributed by atoms with van der Waals surface area (Å²) >= 11 is 0. The van der Waals surface area contributed by atoms with E-state index in [2.05, 4.69) is 4.98 Å². The van der Waals surface area contributed by atoms with Crippen LogP contribution in [0.2, 0.25) is 0 Å². The third-order valence-electron chi connectivity index (χ3n) is 1.21. The maximum Gasteiger partial charge on any atom is 0.358 e. The molecule has 0 bridgehead atoms. The Morgan fingerprint density at radius 3 is 2.91 bits per heavy atom. The van der Waals surface area contributed by atoms with Crippen molar-refractivity contribution in [2.45, 2.75) is 13.0 Å². The van der Waals surface area contributed by atoms with Crippen molar-refractivity contribution in [3.63, 3.8) is 0 Å². The van der Waals surface area contributed by atoms with Crippen molar-refractivity contribution in [1.82, 2.24) is 4.98 Å². The summed E-state index contributed by atoms with van der Waals surface area (Å²) in [4.78, 5) is 13.9. The van der Waals surface area contributed by atoms with Crippen LogP contribution in [0.15, 0.2) is 10.8 Å². The molecule has 0 radical (unpaired) electrons. The SMILES string of the molecule is C[C@@H](N)c1ocnc1C(=O)O. The fourth-order valence-electron chi connectivity index (χ4n) is 0.739. The molecule has 0 unspecified atom stereocenters. The van der Waals surface area contributed by atoms with E-state index in [0.717, 1.165) is 6.39 Å². The third kappa shape index (κ3) is 1.38. The monoisotopic (exact) mass is 156 g/mol. The van der Waals surface area contributed by atoms with Crippen LogP contribution in [0.4, 0.5) is 0 Å². The van der Waals surface area contributed by atoms with Crippen molar-refractivity contribution in [1.29, 1.82) is 0 Å². The molecule has 3 N–H and O–H groups in total. The van der Waals surface area contributed by atoms with Crippen LogP contribution in [0.25, 0.3) is 0 Å². The summed E-state index contributed by atoms with van der Waals surface area (Å²) in [7, 11) is 0. The first-order valence-electron chi connectivity index (χ1n) is 3.05. The van der Waals surface area contributed by atoms with E-state index in [0.29, 0.717) is 0 Å². The Hall–Kier alpha value is -1.36. The quantitative estimate of drug-likeness (QED) is 0.646. The number of nitrogens with zero attached hydrogens (tertiary/aromatic N) is 1. The molecule has 5 heteroatoms. The van der Waals surface area contributed by atoms with E-state index in [1.165, 1.54) is 0 Å². The largest absolute Gasteiger partial charge is 0.476 e. The predicted molar refractivity (Wildman–Crippen MR) is 36.1 cm³/mol. The molecule has 60 valence electrons. The first-order chi connectivity index (χ1) is 5.13. The average Bonchev–Trinajstić information content (AvgIpc) is 2.32. The number of nitrogens with two attached hydrogens (primary N) is 1. The number of aromatic carboxylic acids is 1. The number of carboxylic acid groups (broad SMARTS) is 1. The van der Waals surface area contributed by atoms with Crippen molar-refractivity contribution in [3.8, 4) is 0 Å². The molecule has 0 amide bonds. The van der Waals surface area contributed by atoms with Gasteiger partial charge in [-0.25, -0.2) is 9.78 Å². The summed E-state index contributed by atoms with van der Waals surface area (Å²) in [6.07, 6.45) is 1.07. The molecule has 0 saturated heterocycles. The molecule has 1 aromatic heterocycles. The highest BCUT2D eigenvalue weighted by atomic mass is 16.4. The molecule has 11 heavy (non-hydrogen) atoms. The van der Waals surface area contributed by atoms with Crippen LogP contribution in [0, 0.1) is 0 Å². The molecule has 0 spiro atoms. The van der Waals surface area contributed by atoms with Crippen LogP contribution in [-0.4, -0.2) is 16.1 Å². The van der Waals surface area contributed by atoms with Gasteiger partial charge in [-0.05, 0) is 6.92 Å². The van der Waals surface area contributed by atoms with Crippen LogP contribution >= 0.6 is 0 Å². The summed E-state index contributed by atoms with van der Waals surface area (Å²) < 4.78 is 4.77. The van der Waals surface area contributed by atoms with Crippen LogP contribution in [0.1, 0.15) is 29.2 Å². The summed E-state index contributed by atoms with van der Waals surface area (Å²) in [6.45, 7) is 1.63. The minimum atomic E-state index is -1.12. The van der Waals surface area contributed by atoms with Gasteiger partial charge in [0, 0.05) is 0 Å². The van der Waals surface area contributed by atoms with Crippen molar-refractivity contribution in [3.05, 3.63) is 17.8 Å². The molecule has 1 rings (SSSR count). The minimum absolute atomic E-state index is 0.111. The zero-order chi connectivity index (χ0) is 8.43. The second-order valence-corrected chi connectivity index (χ2v) is 2.16. The number of aromatic nitrogens is 1. The minimum Gasteiger partial charge on any atom is -0.476 e. The molecule has 0 aliphatic carbocycles. The lowest BCUT2D eigenvalue weighted by atomic mass is 10.2. The molecule has 5 nitrogen and oxygen atoms in total. The van der Waals surface area contributed by atoms with Gasteiger partial charge in [0.05, 0.1) is 6.04 Å². The number of hydrogen-bond donors (Lipinski definition) is 2. The molecule has 0 fully saturated rings. The Morgan fingerprint density at radius 2 is 2.55 bits per heavy atom. The lowest BCUT2D eigenvalue weighted by Gasteiger charge is -1.98. The number of hydrogen-bond acceptors (Lipinski definition) is 4. The second-order valence-electron chi connectivity index (χ2n) is 2.16. The Labute approximate surface area is 62.8 Å². The lowest BCUT2D eigenvalue weighted by Crippen LogP contribution is -2.10. The third-order valence-corrected chi connectivity index (χ3v) is 1.21. The molecule has 0 aliphatic rings. The summed E-state index contributed by atoms with van der Waals surface area (Å²) in [5.41, 5.74) is 5.29. The first kappa shape index (κ1) is 7.74. The Kier molecular flexibility index (Phi) is 1.91. The number of carbonyl (C=O) groups is 1. The van der Waals surface area contributed by atoms with Gasteiger partial charge < -0.3 is 15.3 Å². The average molecular weight is 156 g/mol. The molecule has 0 saturated carbocycles. The second kappa shape index (κ2) is 2.71. The smallest absolute Gasteiger partial charge is 0.358 e. The Morgan fingerprint density at radius 1 is 1.91 bits per heavy atom. The van der Waals surface area contributed by atoms with E-state index in [4.69, 9.17) is 15.3 Å². The number of carboxylic acids is 1. The normalized spacial score (nSPS) is 12.9. The number of oxazole rings is 1. The van der Waals surface area contributed by atoms with Gasteiger partial charge in [-0.2, -0.15) is 0 Å². The van der Waals surface area contributed by atoms with E-state index < -0.39 is 12.0 Å². The first-order valence-corrected chi connectivity index (χ1v) is 3.05. The van der Waals surface area contributed by atoms with Gasteiger partial charge >= 0.3 is 5.97 Å². The molecule has 0 aromatic carbocycles. The van der Waals surface area contributed by atoms with Gasteiger partial charge in [-0.1, -0.05) is 0 Å². The lowest BCUT2D eigenvalue weighted by molar-refractivity contribution is 0.0688. The number of rotatable bonds is 2.